The van der Waals surface area contributed by atoms with Crippen LogP contribution in [0.4, 0.5) is 5.69 Å². The van der Waals surface area contributed by atoms with Crippen LogP contribution in [0.3, 0.4) is 0 Å². The van der Waals surface area contributed by atoms with E-state index < -0.39 is 0 Å². The summed E-state index contributed by atoms with van der Waals surface area (Å²) < 4.78 is 1.14. The van der Waals surface area contributed by atoms with Gasteiger partial charge in [0.2, 0.25) is 0 Å². The van der Waals surface area contributed by atoms with E-state index in [1.165, 1.54) is 16.8 Å². The van der Waals surface area contributed by atoms with E-state index in [-0.39, 0.29) is 0 Å². The molecule has 2 rings (SSSR count). The lowest BCUT2D eigenvalue weighted by Gasteiger charge is -2.17. The molecule has 0 aliphatic rings. The maximum Gasteiger partial charge on any atom is 0.0340 e. The van der Waals surface area contributed by atoms with Crippen LogP contribution < -0.4 is 5.32 Å². The minimum absolute atomic E-state index is 0.978. The monoisotopic (exact) mass is 332 g/mol. The Morgan fingerprint density at radius 3 is 2.50 bits per heavy atom. The topological polar surface area (TPSA) is 15.3 Å². The van der Waals surface area contributed by atoms with Crippen molar-refractivity contribution in [2.24, 2.45) is 0 Å². The van der Waals surface area contributed by atoms with Crippen molar-refractivity contribution in [3.63, 3.8) is 0 Å². The zero-order valence-corrected chi connectivity index (χ0v) is 13.7. The predicted octanol–water partition coefficient (Wildman–Crippen LogP) is 4.17. The van der Waals surface area contributed by atoms with E-state index in [2.05, 4.69) is 81.7 Å². The molecule has 0 atom stereocenters. The van der Waals surface area contributed by atoms with Crippen molar-refractivity contribution in [2.45, 2.75) is 13.0 Å². The van der Waals surface area contributed by atoms with Crippen molar-refractivity contribution in [1.82, 2.24) is 4.90 Å². The van der Waals surface area contributed by atoms with Gasteiger partial charge in [-0.3, -0.25) is 0 Å². The number of likely N-dealkylation sites (N-methyl/N-ethyl adjacent to an activating group) is 1. The van der Waals surface area contributed by atoms with E-state index in [0.29, 0.717) is 0 Å². The highest BCUT2D eigenvalue weighted by atomic mass is 79.9. The second kappa shape index (κ2) is 7.46. The third-order valence-electron chi connectivity index (χ3n) is 3.36. The molecule has 0 fully saturated rings. The molecule has 2 aromatic carbocycles. The Kier molecular flexibility index (Phi) is 5.62. The number of rotatable bonds is 6. The van der Waals surface area contributed by atoms with Crippen LogP contribution in [0.15, 0.2) is 53.0 Å². The summed E-state index contributed by atoms with van der Waals surface area (Å²) in [4.78, 5) is 2.36. The van der Waals surface area contributed by atoms with Crippen LogP contribution in [0.25, 0.3) is 0 Å². The van der Waals surface area contributed by atoms with Gasteiger partial charge in [0.15, 0.2) is 0 Å². The average Bonchev–Trinajstić information content (AvgIpc) is 2.47. The van der Waals surface area contributed by atoms with Crippen LogP contribution in [0, 0.1) is 0 Å². The van der Waals surface area contributed by atoms with Gasteiger partial charge in [0.1, 0.15) is 0 Å². The normalized spacial score (nSPS) is 10.8. The number of benzene rings is 2. The zero-order chi connectivity index (χ0) is 14.4. The predicted molar refractivity (Wildman–Crippen MR) is 90.2 cm³/mol. The molecule has 3 heteroatoms. The summed E-state index contributed by atoms with van der Waals surface area (Å²) in [7, 11) is 4.13. The lowest BCUT2D eigenvalue weighted by Crippen LogP contribution is -2.20. The smallest absolute Gasteiger partial charge is 0.0340 e. The molecule has 2 nitrogen and oxygen atoms in total. The Morgan fingerprint density at radius 2 is 1.80 bits per heavy atom. The molecule has 0 spiro atoms. The fourth-order valence-electron chi connectivity index (χ4n) is 2.19. The van der Waals surface area contributed by atoms with E-state index in [1.807, 2.05) is 7.05 Å². The minimum atomic E-state index is 0.978. The fourth-order valence-corrected chi connectivity index (χ4v) is 2.45. The lowest BCUT2D eigenvalue weighted by molar-refractivity contribution is 0.331. The van der Waals surface area contributed by atoms with Crippen LogP contribution >= 0.6 is 15.9 Å². The SMILES string of the molecule is CNc1cccc(CN(C)CCc2ccc(Br)cc2)c1. The number of hydrogen-bond donors (Lipinski definition) is 1. The number of nitrogens with one attached hydrogen (secondary N) is 1. The van der Waals surface area contributed by atoms with E-state index in [1.54, 1.807) is 0 Å². The quantitative estimate of drug-likeness (QED) is 0.854. The Bertz CT molecular complexity index is 537. The van der Waals surface area contributed by atoms with Gasteiger partial charge >= 0.3 is 0 Å². The van der Waals surface area contributed by atoms with Crippen molar-refractivity contribution in [1.29, 1.82) is 0 Å². The maximum atomic E-state index is 3.47. The summed E-state index contributed by atoms with van der Waals surface area (Å²) in [6.45, 7) is 2.04. The zero-order valence-electron chi connectivity index (χ0n) is 12.1. The summed E-state index contributed by atoms with van der Waals surface area (Å²) in [6.07, 6.45) is 1.08. The molecule has 2 aromatic rings. The molecular formula is C17H21BrN2. The molecule has 0 bridgehead atoms. The van der Waals surface area contributed by atoms with Gasteiger partial charge in [-0.15, -0.1) is 0 Å². The molecule has 0 aromatic heterocycles. The van der Waals surface area contributed by atoms with Gasteiger partial charge in [0.25, 0.3) is 0 Å². The van der Waals surface area contributed by atoms with E-state index in [4.69, 9.17) is 0 Å². The third kappa shape index (κ3) is 4.66. The Labute approximate surface area is 129 Å². The third-order valence-corrected chi connectivity index (χ3v) is 3.89. The van der Waals surface area contributed by atoms with Gasteiger partial charge in [-0.1, -0.05) is 40.2 Å². The molecule has 20 heavy (non-hydrogen) atoms. The summed E-state index contributed by atoms with van der Waals surface area (Å²) >= 11 is 3.47. The van der Waals surface area contributed by atoms with Crippen LogP contribution in [0.5, 0.6) is 0 Å². The Morgan fingerprint density at radius 1 is 1.05 bits per heavy atom. The summed E-state index contributed by atoms with van der Waals surface area (Å²) in [5.41, 5.74) is 3.89. The van der Waals surface area contributed by atoms with Gasteiger partial charge in [0.05, 0.1) is 0 Å². The van der Waals surface area contributed by atoms with Crippen molar-refractivity contribution < 1.29 is 0 Å². The van der Waals surface area contributed by atoms with Gasteiger partial charge in [0, 0.05) is 30.3 Å². The summed E-state index contributed by atoms with van der Waals surface area (Å²) in [5.74, 6) is 0. The van der Waals surface area contributed by atoms with Crippen LogP contribution in [0.2, 0.25) is 0 Å². The maximum absolute atomic E-state index is 3.47. The first-order valence-electron chi connectivity index (χ1n) is 6.87. The molecule has 0 saturated heterocycles. The van der Waals surface area contributed by atoms with E-state index >= 15 is 0 Å². The van der Waals surface area contributed by atoms with Gasteiger partial charge in [-0.25, -0.2) is 0 Å². The molecule has 0 aliphatic carbocycles. The highest BCUT2D eigenvalue weighted by molar-refractivity contribution is 9.10. The highest BCUT2D eigenvalue weighted by Gasteiger charge is 2.02. The van der Waals surface area contributed by atoms with Crippen LogP contribution in [-0.4, -0.2) is 25.5 Å². The highest BCUT2D eigenvalue weighted by Crippen LogP contribution is 2.13. The van der Waals surface area contributed by atoms with Crippen molar-refractivity contribution in [2.75, 3.05) is 26.0 Å². The van der Waals surface area contributed by atoms with Gasteiger partial charge in [-0.2, -0.15) is 0 Å². The first kappa shape index (κ1) is 15.1. The second-order valence-corrected chi connectivity index (χ2v) is 5.98. The second-order valence-electron chi connectivity index (χ2n) is 5.06. The molecule has 0 saturated carbocycles. The molecular weight excluding hydrogens is 312 g/mol. The van der Waals surface area contributed by atoms with Crippen molar-refractivity contribution in [3.05, 3.63) is 64.1 Å². The molecule has 0 amide bonds. The minimum Gasteiger partial charge on any atom is -0.388 e. The summed E-state index contributed by atoms with van der Waals surface area (Å²) in [5, 5.41) is 3.18. The fraction of sp³-hybridized carbons (Fsp3) is 0.294. The van der Waals surface area contributed by atoms with Crippen LogP contribution in [0.1, 0.15) is 11.1 Å². The van der Waals surface area contributed by atoms with E-state index in [9.17, 15) is 0 Å². The molecule has 0 unspecified atom stereocenters. The first-order valence-corrected chi connectivity index (χ1v) is 7.66. The molecule has 0 aliphatic heterocycles. The largest absolute Gasteiger partial charge is 0.388 e. The summed E-state index contributed by atoms with van der Waals surface area (Å²) in [6, 6.07) is 17.1. The lowest BCUT2D eigenvalue weighted by atomic mass is 10.1. The number of hydrogen-bond acceptors (Lipinski definition) is 2. The average molecular weight is 333 g/mol. The van der Waals surface area contributed by atoms with Gasteiger partial charge < -0.3 is 10.2 Å². The molecule has 106 valence electrons. The molecule has 0 heterocycles. The van der Waals surface area contributed by atoms with Crippen molar-refractivity contribution >= 4 is 21.6 Å². The molecule has 1 N–H and O–H groups in total. The van der Waals surface area contributed by atoms with Crippen molar-refractivity contribution in [3.8, 4) is 0 Å². The first-order chi connectivity index (χ1) is 9.67. The molecule has 0 radical (unpaired) electrons. The number of anilines is 1. The number of nitrogens with zero attached hydrogens (tertiary/aromatic N) is 1. The Balaban J connectivity index is 1.85. The number of halogens is 1. The van der Waals surface area contributed by atoms with Crippen LogP contribution in [-0.2, 0) is 13.0 Å². The Hall–Kier alpha value is -1.32. The van der Waals surface area contributed by atoms with Gasteiger partial charge in [-0.05, 0) is 48.9 Å². The van der Waals surface area contributed by atoms with E-state index in [0.717, 1.165) is 24.0 Å². The standard InChI is InChI=1S/C17H21BrN2/c1-19-17-5-3-4-15(12-17)13-20(2)11-10-14-6-8-16(18)9-7-14/h3-9,12,19H,10-11,13H2,1-2H3.